The Hall–Kier alpha value is -2.60. The average molecular weight is 350 g/mol. The highest BCUT2D eigenvalue weighted by Gasteiger charge is 2.41. The highest BCUT2D eigenvalue weighted by atomic mass is 16.5. The minimum Gasteiger partial charge on any atom is -0.507 e. The van der Waals surface area contributed by atoms with E-state index in [2.05, 4.69) is 15.0 Å². The van der Waals surface area contributed by atoms with Crippen molar-refractivity contribution in [3.8, 4) is 11.5 Å². The van der Waals surface area contributed by atoms with E-state index >= 15 is 0 Å². The van der Waals surface area contributed by atoms with Gasteiger partial charge in [-0.05, 0) is 25.8 Å². The third-order valence-electron chi connectivity index (χ3n) is 5.81. The fourth-order valence-electron chi connectivity index (χ4n) is 4.54. The minimum absolute atomic E-state index is 0.297. The van der Waals surface area contributed by atoms with Crippen LogP contribution in [0.5, 0.6) is 11.5 Å². The standard InChI is InChI=1S/C20H22N4O2/c1-12-7-20-21-10-16-17-6-4-14(8-18(16)24(20)22-12)23(17)11-13-3-5-15(26-2)9-19(13)25/h3,5,7,9-10,14,17,25H,4,6,8,11H2,1-2H3. The van der Waals surface area contributed by atoms with Crippen molar-refractivity contribution >= 4 is 5.65 Å². The van der Waals surface area contributed by atoms with Crippen LogP contribution in [-0.4, -0.2) is 37.8 Å². The fourth-order valence-corrected chi connectivity index (χ4v) is 4.54. The smallest absolute Gasteiger partial charge is 0.155 e. The number of fused-ring (bicyclic) bond motifs is 6. The van der Waals surface area contributed by atoms with Crippen LogP contribution in [0.4, 0.5) is 0 Å². The normalized spacial score (nSPS) is 21.9. The molecule has 1 saturated heterocycles. The lowest BCUT2D eigenvalue weighted by Crippen LogP contribution is -2.38. The maximum Gasteiger partial charge on any atom is 0.155 e. The summed E-state index contributed by atoms with van der Waals surface area (Å²) in [5.74, 6) is 0.977. The zero-order valence-corrected chi connectivity index (χ0v) is 15.0. The van der Waals surface area contributed by atoms with Crippen LogP contribution in [0.2, 0.25) is 0 Å². The minimum atomic E-state index is 0.297. The van der Waals surface area contributed by atoms with E-state index in [0.717, 1.165) is 42.7 Å². The second kappa shape index (κ2) is 5.71. The van der Waals surface area contributed by atoms with Gasteiger partial charge in [-0.2, -0.15) is 5.10 Å². The molecule has 1 N–H and O–H groups in total. The third kappa shape index (κ3) is 2.29. The molecule has 2 aromatic heterocycles. The van der Waals surface area contributed by atoms with Gasteiger partial charge in [-0.15, -0.1) is 0 Å². The molecule has 4 heterocycles. The second-order valence-electron chi connectivity index (χ2n) is 7.33. The number of hydrogen-bond donors (Lipinski definition) is 1. The molecule has 134 valence electrons. The van der Waals surface area contributed by atoms with Gasteiger partial charge in [0.05, 0.1) is 18.5 Å². The maximum atomic E-state index is 10.4. The Labute approximate surface area is 152 Å². The lowest BCUT2D eigenvalue weighted by Gasteiger charge is -2.36. The number of rotatable bonds is 3. The molecular formula is C20H22N4O2. The first-order chi connectivity index (χ1) is 12.6. The van der Waals surface area contributed by atoms with E-state index < -0.39 is 0 Å². The quantitative estimate of drug-likeness (QED) is 0.787. The number of phenolic OH excluding ortho intramolecular Hbond substituents is 1. The summed E-state index contributed by atoms with van der Waals surface area (Å²) in [4.78, 5) is 7.13. The van der Waals surface area contributed by atoms with Crippen LogP contribution in [0.15, 0.2) is 30.5 Å². The lowest BCUT2D eigenvalue weighted by atomic mass is 9.98. The molecular weight excluding hydrogens is 328 g/mol. The van der Waals surface area contributed by atoms with Gasteiger partial charge in [0.2, 0.25) is 0 Å². The summed E-state index contributed by atoms with van der Waals surface area (Å²) in [6.07, 6.45) is 5.29. The summed E-state index contributed by atoms with van der Waals surface area (Å²) in [7, 11) is 1.61. The first-order valence-electron chi connectivity index (χ1n) is 9.10. The number of hydrogen-bond acceptors (Lipinski definition) is 5. The lowest BCUT2D eigenvalue weighted by molar-refractivity contribution is 0.163. The molecule has 2 bridgehead atoms. The van der Waals surface area contributed by atoms with Gasteiger partial charge in [-0.3, -0.25) is 4.90 Å². The Kier molecular flexibility index (Phi) is 3.43. The van der Waals surface area contributed by atoms with Gasteiger partial charge in [0, 0.05) is 54.5 Å². The molecule has 0 spiro atoms. The Morgan fingerprint density at radius 1 is 1.27 bits per heavy atom. The van der Waals surface area contributed by atoms with Crippen LogP contribution in [-0.2, 0) is 13.0 Å². The van der Waals surface area contributed by atoms with Crippen LogP contribution < -0.4 is 4.74 Å². The first kappa shape index (κ1) is 15.6. The van der Waals surface area contributed by atoms with E-state index in [9.17, 15) is 5.11 Å². The number of ether oxygens (including phenoxy) is 1. The molecule has 0 aliphatic carbocycles. The largest absolute Gasteiger partial charge is 0.507 e. The van der Waals surface area contributed by atoms with Crippen molar-refractivity contribution in [1.82, 2.24) is 19.5 Å². The molecule has 1 fully saturated rings. The molecule has 6 heteroatoms. The van der Waals surface area contributed by atoms with Gasteiger partial charge in [0.25, 0.3) is 0 Å². The van der Waals surface area contributed by atoms with E-state index in [1.54, 1.807) is 13.2 Å². The van der Waals surface area contributed by atoms with E-state index in [-0.39, 0.29) is 0 Å². The van der Waals surface area contributed by atoms with Gasteiger partial charge in [-0.25, -0.2) is 9.50 Å². The van der Waals surface area contributed by atoms with Gasteiger partial charge in [0.15, 0.2) is 5.65 Å². The number of aromatic nitrogens is 3. The Morgan fingerprint density at radius 2 is 2.15 bits per heavy atom. The molecule has 0 radical (unpaired) electrons. The topological polar surface area (TPSA) is 62.9 Å². The summed E-state index contributed by atoms with van der Waals surface area (Å²) in [6, 6.07) is 8.40. The van der Waals surface area contributed by atoms with Crippen molar-refractivity contribution in [1.29, 1.82) is 0 Å². The second-order valence-corrected chi connectivity index (χ2v) is 7.33. The molecule has 26 heavy (non-hydrogen) atoms. The van der Waals surface area contributed by atoms with Crippen molar-refractivity contribution in [2.75, 3.05) is 7.11 Å². The van der Waals surface area contributed by atoms with E-state index in [0.29, 0.717) is 23.6 Å². The van der Waals surface area contributed by atoms with Crippen LogP contribution in [0.3, 0.4) is 0 Å². The van der Waals surface area contributed by atoms with Crippen LogP contribution in [0, 0.1) is 6.92 Å². The molecule has 2 atom stereocenters. The average Bonchev–Trinajstić information content (AvgIpc) is 3.14. The molecule has 2 aliphatic heterocycles. The van der Waals surface area contributed by atoms with Crippen molar-refractivity contribution in [3.63, 3.8) is 0 Å². The SMILES string of the molecule is COc1ccc(CN2C3CCC2c2cnc4cc(C)nn4c2C3)c(O)c1. The summed E-state index contributed by atoms with van der Waals surface area (Å²) < 4.78 is 7.22. The summed E-state index contributed by atoms with van der Waals surface area (Å²) in [6.45, 7) is 2.75. The molecule has 5 rings (SSSR count). The van der Waals surface area contributed by atoms with Crippen molar-refractivity contribution in [2.45, 2.75) is 44.8 Å². The van der Waals surface area contributed by atoms with E-state index in [4.69, 9.17) is 4.74 Å². The predicted molar refractivity (Wildman–Crippen MR) is 97.4 cm³/mol. The molecule has 2 unspecified atom stereocenters. The Balaban J connectivity index is 1.51. The first-order valence-corrected chi connectivity index (χ1v) is 9.10. The number of benzene rings is 1. The van der Waals surface area contributed by atoms with Crippen LogP contribution in [0.1, 0.15) is 41.4 Å². The Bertz CT molecular complexity index is 997. The number of methoxy groups -OCH3 is 1. The van der Waals surface area contributed by atoms with E-state index in [1.165, 1.54) is 11.3 Å². The summed E-state index contributed by atoms with van der Waals surface area (Å²) >= 11 is 0. The van der Waals surface area contributed by atoms with Gasteiger partial charge >= 0.3 is 0 Å². The molecule has 2 aliphatic rings. The highest BCUT2D eigenvalue weighted by Crippen LogP contribution is 2.44. The molecule has 3 aromatic rings. The zero-order chi connectivity index (χ0) is 17.8. The Morgan fingerprint density at radius 3 is 2.96 bits per heavy atom. The van der Waals surface area contributed by atoms with Crippen LogP contribution >= 0.6 is 0 Å². The third-order valence-corrected chi connectivity index (χ3v) is 5.81. The predicted octanol–water partition coefficient (Wildman–Crippen LogP) is 3.01. The molecule has 0 saturated carbocycles. The van der Waals surface area contributed by atoms with Gasteiger partial charge < -0.3 is 9.84 Å². The van der Waals surface area contributed by atoms with Gasteiger partial charge in [-0.1, -0.05) is 6.07 Å². The molecule has 1 aromatic carbocycles. The number of aromatic hydroxyl groups is 1. The van der Waals surface area contributed by atoms with Crippen molar-refractivity contribution in [2.24, 2.45) is 0 Å². The van der Waals surface area contributed by atoms with Crippen LogP contribution in [0.25, 0.3) is 5.65 Å². The molecule has 0 amide bonds. The number of aryl methyl sites for hydroxylation is 1. The zero-order valence-electron chi connectivity index (χ0n) is 15.0. The highest BCUT2D eigenvalue weighted by molar-refractivity contribution is 5.45. The number of phenols is 1. The summed E-state index contributed by atoms with van der Waals surface area (Å²) in [5.41, 5.74) is 5.45. The maximum absolute atomic E-state index is 10.4. The number of nitrogens with zero attached hydrogens (tertiary/aromatic N) is 4. The molecule has 6 nitrogen and oxygen atoms in total. The fraction of sp³-hybridized carbons (Fsp3) is 0.400. The summed E-state index contributed by atoms with van der Waals surface area (Å²) in [5, 5.41) is 15.0. The van der Waals surface area contributed by atoms with Crippen molar-refractivity contribution in [3.05, 3.63) is 53.0 Å². The van der Waals surface area contributed by atoms with E-state index in [1.807, 2.05) is 35.8 Å². The monoisotopic (exact) mass is 350 g/mol. The van der Waals surface area contributed by atoms with Gasteiger partial charge in [0.1, 0.15) is 11.5 Å². The van der Waals surface area contributed by atoms with Crippen molar-refractivity contribution < 1.29 is 9.84 Å².